The van der Waals surface area contributed by atoms with Crippen LogP contribution in [-0.2, 0) is 16.1 Å². The largest absolute Gasteiger partial charge is 0.464 e. The normalized spacial score (nSPS) is 22.4. The molecule has 3 aliphatic heterocycles. The predicted octanol–water partition coefficient (Wildman–Crippen LogP) is 3.46. The molecule has 2 atom stereocenters. The third-order valence-corrected chi connectivity index (χ3v) is 7.49. The van der Waals surface area contributed by atoms with Crippen molar-refractivity contribution in [2.45, 2.75) is 31.2 Å². The van der Waals surface area contributed by atoms with Gasteiger partial charge in [-0.1, -0.05) is 11.3 Å². The van der Waals surface area contributed by atoms with E-state index in [0.717, 1.165) is 22.1 Å². The second-order valence-corrected chi connectivity index (χ2v) is 9.53. The molecule has 3 fully saturated rings. The first-order valence-electron chi connectivity index (χ1n) is 10.9. The van der Waals surface area contributed by atoms with Gasteiger partial charge in [0.15, 0.2) is 5.65 Å². The SMILES string of the molecule is NC(=O)N1C[C@@H]2CC[C@]1(OC=O)CN2Cc1coc2cc(Oc3nc4ncccc4s3)ccc12. The van der Waals surface area contributed by atoms with Crippen LogP contribution in [0.1, 0.15) is 18.4 Å². The summed E-state index contributed by atoms with van der Waals surface area (Å²) in [5.41, 5.74) is 6.90. The number of thiazole rings is 1. The van der Waals surface area contributed by atoms with Crippen LogP contribution in [-0.4, -0.2) is 57.1 Å². The number of carbonyl (C=O) groups excluding carboxylic acids is 2. The Kier molecular flexibility index (Phi) is 4.89. The van der Waals surface area contributed by atoms with E-state index in [1.165, 1.54) is 16.2 Å². The fraction of sp³-hybridized carbons (Fsp3) is 0.304. The summed E-state index contributed by atoms with van der Waals surface area (Å²) in [5.74, 6) is 0.625. The maximum Gasteiger partial charge on any atom is 0.317 e. The fourth-order valence-electron chi connectivity index (χ4n) is 4.99. The number of nitrogens with zero attached hydrogens (tertiary/aromatic N) is 4. The lowest BCUT2D eigenvalue weighted by molar-refractivity contribution is -0.204. The molecule has 0 spiro atoms. The molecule has 2 bridgehead atoms. The van der Waals surface area contributed by atoms with Gasteiger partial charge in [-0.2, -0.15) is 4.98 Å². The van der Waals surface area contributed by atoms with Crippen molar-refractivity contribution in [2.24, 2.45) is 5.73 Å². The number of amides is 2. The van der Waals surface area contributed by atoms with Gasteiger partial charge in [0, 0.05) is 48.8 Å². The second-order valence-electron chi connectivity index (χ2n) is 8.53. The first-order valence-corrected chi connectivity index (χ1v) is 11.7. The quantitative estimate of drug-likeness (QED) is 0.417. The molecule has 174 valence electrons. The van der Waals surface area contributed by atoms with Gasteiger partial charge >= 0.3 is 6.03 Å². The Balaban J connectivity index is 1.22. The minimum atomic E-state index is -1.02. The van der Waals surface area contributed by atoms with E-state index in [9.17, 15) is 9.59 Å². The third kappa shape index (κ3) is 3.44. The summed E-state index contributed by atoms with van der Waals surface area (Å²) >= 11 is 1.43. The molecule has 3 aromatic heterocycles. The number of furan rings is 1. The zero-order chi connectivity index (χ0) is 23.3. The van der Waals surface area contributed by atoms with Crippen molar-refractivity contribution in [3.05, 3.63) is 48.4 Å². The number of benzene rings is 1. The number of nitrogens with two attached hydrogens (primary N) is 1. The zero-order valence-corrected chi connectivity index (χ0v) is 18.9. The maximum absolute atomic E-state index is 11.9. The Labute approximate surface area is 197 Å². The van der Waals surface area contributed by atoms with Gasteiger partial charge in [0.25, 0.3) is 11.7 Å². The molecule has 1 aromatic carbocycles. The summed E-state index contributed by atoms with van der Waals surface area (Å²) < 4.78 is 18.2. The van der Waals surface area contributed by atoms with E-state index < -0.39 is 11.8 Å². The lowest BCUT2D eigenvalue weighted by atomic mass is 9.87. The van der Waals surface area contributed by atoms with Crippen LogP contribution in [0.5, 0.6) is 10.9 Å². The van der Waals surface area contributed by atoms with E-state index in [1.54, 1.807) is 12.5 Å². The monoisotopic (exact) mass is 479 g/mol. The molecule has 7 rings (SSSR count). The molecule has 0 unspecified atom stereocenters. The van der Waals surface area contributed by atoms with Crippen LogP contribution in [0.3, 0.4) is 0 Å². The minimum absolute atomic E-state index is 0.129. The highest BCUT2D eigenvalue weighted by Gasteiger charge is 2.53. The number of piperidine rings is 2. The molecule has 0 radical (unpaired) electrons. The average molecular weight is 480 g/mol. The van der Waals surface area contributed by atoms with Crippen molar-refractivity contribution in [2.75, 3.05) is 13.1 Å². The number of fused-ring (bicyclic) bond motifs is 5. The summed E-state index contributed by atoms with van der Waals surface area (Å²) in [6, 6.07) is 9.07. The lowest BCUT2D eigenvalue weighted by Crippen LogP contribution is -2.72. The predicted molar refractivity (Wildman–Crippen MR) is 123 cm³/mol. The highest BCUT2D eigenvalue weighted by Crippen LogP contribution is 2.39. The zero-order valence-electron chi connectivity index (χ0n) is 18.0. The van der Waals surface area contributed by atoms with E-state index in [2.05, 4.69) is 14.9 Å². The van der Waals surface area contributed by atoms with E-state index in [0.29, 0.717) is 54.7 Å². The number of urea groups is 1. The lowest BCUT2D eigenvalue weighted by Gasteiger charge is -2.56. The van der Waals surface area contributed by atoms with Gasteiger partial charge in [0.2, 0.25) is 5.72 Å². The Bertz CT molecular complexity index is 1370. The number of carbonyl (C=O) groups is 2. The molecule has 4 aromatic rings. The van der Waals surface area contributed by atoms with Crippen LogP contribution in [0.4, 0.5) is 4.79 Å². The summed E-state index contributed by atoms with van der Waals surface area (Å²) in [5, 5.41) is 1.49. The van der Waals surface area contributed by atoms with E-state index in [-0.39, 0.29) is 6.04 Å². The molecule has 34 heavy (non-hydrogen) atoms. The number of hydrogen-bond donors (Lipinski definition) is 1. The number of rotatable bonds is 6. The van der Waals surface area contributed by atoms with Gasteiger partial charge in [-0.05, 0) is 30.7 Å². The van der Waals surface area contributed by atoms with E-state index in [4.69, 9.17) is 19.6 Å². The number of piperazine rings is 1. The van der Waals surface area contributed by atoms with Gasteiger partial charge in [-0.25, -0.2) is 9.78 Å². The molecule has 6 heterocycles. The average Bonchev–Trinajstić information content (AvgIpc) is 3.42. The Morgan fingerprint density at radius 1 is 1.38 bits per heavy atom. The van der Waals surface area contributed by atoms with Gasteiger partial charge < -0.3 is 19.6 Å². The molecule has 10 nitrogen and oxygen atoms in total. The summed E-state index contributed by atoms with van der Waals surface area (Å²) in [6.07, 6.45) is 4.82. The van der Waals surface area contributed by atoms with Crippen molar-refractivity contribution < 1.29 is 23.5 Å². The summed E-state index contributed by atoms with van der Waals surface area (Å²) in [4.78, 5) is 35.5. The van der Waals surface area contributed by atoms with Crippen molar-refractivity contribution in [1.29, 1.82) is 0 Å². The van der Waals surface area contributed by atoms with Gasteiger partial charge in [0.05, 0.1) is 17.5 Å². The van der Waals surface area contributed by atoms with Gasteiger partial charge in [0.1, 0.15) is 11.3 Å². The van der Waals surface area contributed by atoms with E-state index in [1.807, 2.05) is 30.3 Å². The Hall–Kier alpha value is -3.70. The van der Waals surface area contributed by atoms with E-state index >= 15 is 0 Å². The molecular weight excluding hydrogens is 458 g/mol. The first-order chi connectivity index (χ1) is 16.5. The Morgan fingerprint density at radius 2 is 2.29 bits per heavy atom. The van der Waals surface area contributed by atoms with Crippen LogP contribution in [0.15, 0.2) is 47.2 Å². The number of aromatic nitrogens is 2. The van der Waals surface area contributed by atoms with Crippen molar-refractivity contribution in [1.82, 2.24) is 19.8 Å². The number of hydrogen-bond acceptors (Lipinski definition) is 9. The molecule has 0 aliphatic carbocycles. The van der Waals surface area contributed by atoms with Crippen molar-refractivity contribution in [3.8, 4) is 10.9 Å². The third-order valence-electron chi connectivity index (χ3n) is 6.60. The maximum atomic E-state index is 11.9. The molecule has 2 amide bonds. The molecule has 3 aliphatic rings. The summed E-state index contributed by atoms with van der Waals surface area (Å²) in [7, 11) is 0. The van der Waals surface area contributed by atoms with Crippen LogP contribution < -0.4 is 10.5 Å². The standard InChI is InChI=1S/C23H21N5O5S/c24-21(30)28-10-15-5-6-23(28,32-13-29)12-27(15)9-14-11-31-18-8-16(3-4-17(14)18)33-22-26-20-19(34-22)2-1-7-25-20/h1-4,7-8,11,13,15H,5-6,9-10,12H2,(H2,24,30)/t15-,23-/m0/s1. The van der Waals surface area contributed by atoms with Crippen LogP contribution >= 0.6 is 11.3 Å². The smallest absolute Gasteiger partial charge is 0.317 e. The first kappa shape index (κ1) is 20.9. The molecular formula is C23H21N5O5S. The minimum Gasteiger partial charge on any atom is -0.464 e. The van der Waals surface area contributed by atoms with Gasteiger partial charge in [-0.3, -0.25) is 14.6 Å². The molecule has 11 heteroatoms. The van der Waals surface area contributed by atoms with Crippen LogP contribution in [0.2, 0.25) is 0 Å². The number of pyridine rings is 1. The van der Waals surface area contributed by atoms with Crippen LogP contribution in [0.25, 0.3) is 21.3 Å². The topological polar surface area (TPSA) is 124 Å². The highest BCUT2D eigenvalue weighted by molar-refractivity contribution is 7.20. The highest BCUT2D eigenvalue weighted by atomic mass is 32.1. The second kappa shape index (κ2) is 7.96. The molecule has 3 saturated heterocycles. The summed E-state index contributed by atoms with van der Waals surface area (Å²) in [6.45, 7) is 1.82. The van der Waals surface area contributed by atoms with Crippen molar-refractivity contribution >= 4 is 45.2 Å². The fourth-order valence-corrected chi connectivity index (χ4v) is 5.79. The van der Waals surface area contributed by atoms with Crippen LogP contribution in [0, 0.1) is 0 Å². The van der Waals surface area contributed by atoms with Crippen molar-refractivity contribution in [3.63, 3.8) is 0 Å². The molecule has 0 saturated carbocycles. The Morgan fingerprint density at radius 3 is 3.12 bits per heavy atom. The number of ether oxygens (including phenoxy) is 2. The van der Waals surface area contributed by atoms with Gasteiger partial charge in [-0.15, -0.1) is 0 Å². The molecule has 2 N–H and O–H groups in total. The number of primary amides is 1.